The molecule has 0 fully saturated rings. The third-order valence-electron chi connectivity index (χ3n) is 2.64. The van der Waals surface area contributed by atoms with Gasteiger partial charge in [0, 0.05) is 13.2 Å². The fraction of sp³-hybridized carbons (Fsp3) is 0.667. The second-order valence-electron chi connectivity index (χ2n) is 4.52. The number of carboxylic acid groups (broad SMARTS) is 1. The van der Waals surface area contributed by atoms with Crippen LogP contribution in [0.25, 0.3) is 0 Å². The Kier molecular flexibility index (Phi) is 6.10. The van der Waals surface area contributed by atoms with Gasteiger partial charge in [-0.05, 0) is 13.3 Å². The number of amides is 1. The van der Waals surface area contributed by atoms with Gasteiger partial charge in [-0.15, -0.1) is 5.10 Å². The number of methoxy groups -OCH3 is 1. The Morgan fingerprint density at radius 3 is 2.75 bits per heavy atom. The smallest absolute Gasteiger partial charge is 0.358 e. The molecule has 20 heavy (non-hydrogen) atoms. The molecule has 1 aromatic heterocycles. The summed E-state index contributed by atoms with van der Waals surface area (Å²) >= 11 is 0. The molecule has 8 heteroatoms. The van der Waals surface area contributed by atoms with Crippen LogP contribution >= 0.6 is 0 Å². The summed E-state index contributed by atoms with van der Waals surface area (Å²) in [5.74, 6) is -1.39. The maximum atomic E-state index is 11.8. The summed E-state index contributed by atoms with van der Waals surface area (Å²) in [6, 6.07) is -0.121. The van der Waals surface area contributed by atoms with Gasteiger partial charge < -0.3 is 15.2 Å². The Morgan fingerprint density at radius 1 is 1.50 bits per heavy atom. The van der Waals surface area contributed by atoms with E-state index in [2.05, 4.69) is 15.6 Å². The highest BCUT2D eigenvalue weighted by atomic mass is 16.5. The number of aromatic carboxylic acids is 1. The van der Waals surface area contributed by atoms with Crippen LogP contribution in [0.5, 0.6) is 0 Å². The molecule has 2 N–H and O–H groups in total. The third-order valence-corrected chi connectivity index (χ3v) is 2.64. The minimum absolute atomic E-state index is 0.0519. The van der Waals surface area contributed by atoms with Crippen LogP contribution in [0.15, 0.2) is 0 Å². The average molecular weight is 284 g/mol. The van der Waals surface area contributed by atoms with Crippen molar-refractivity contribution < 1.29 is 19.4 Å². The van der Waals surface area contributed by atoms with Crippen LogP contribution in [-0.2, 0) is 22.5 Å². The van der Waals surface area contributed by atoms with E-state index < -0.39 is 5.97 Å². The molecule has 1 unspecified atom stereocenters. The molecule has 0 aliphatic rings. The minimum atomic E-state index is -1.13. The van der Waals surface area contributed by atoms with Gasteiger partial charge in [0.2, 0.25) is 5.91 Å². The number of nitrogens with one attached hydrogen (secondary N) is 1. The molecule has 0 bridgehead atoms. The van der Waals surface area contributed by atoms with E-state index in [1.54, 1.807) is 7.11 Å². The molecule has 0 aliphatic carbocycles. The predicted molar refractivity (Wildman–Crippen MR) is 70.5 cm³/mol. The summed E-state index contributed by atoms with van der Waals surface area (Å²) in [7, 11) is 1.55. The molecule has 1 rings (SSSR count). The quantitative estimate of drug-likeness (QED) is 0.700. The third kappa shape index (κ3) is 4.30. The Bertz CT molecular complexity index is 472. The monoisotopic (exact) mass is 284 g/mol. The first kappa shape index (κ1) is 16.1. The Balaban J connectivity index is 2.76. The molecule has 0 saturated carbocycles. The van der Waals surface area contributed by atoms with Gasteiger partial charge in [-0.2, -0.15) is 0 Å². The lowest BCUT2D eigenvalue weighted by Gasteiger charge is -2.13. The highest BCUT2D eigenvalue weighted by molar-refractivity contribution is 5.86. The van der Waals surface area contributed by atoms with Gasteiger partial charge in [0.1, 0.15) is 6.54 Å². The predicted octanol–water partition coefficient (Wildman–Crippen LogP) is 0.0799. The Morgan fingerprint density at radius 2 is 2.20 bits per heavy atom. The van der Waals surface area contributed by atoms with E-state index in [4.69, 9.17) is 9.84 Å². The molecular formula is C12H20N4O4. The average Bonchev–Trinajstić information content (AvgIpc) is 2.73. The largest absolute Gasteiger partial charge is 0.476 e. The molecule has 0 aliphatic heterocycles. The number of carboxylic acids is 1. The molecule has 8 nitrogen and oxygen atoms in total. The molecule has 112 valence electrons. The molecule has 0 radical (unpaired) electrons. The molecule has 0 aromatic carbocycles. The molecule has 0 spiro atoms. The van der Waals surface area contributed by atoms with E-state index in [1.165, 1.54) is 4.68 Å². The zero-order chi connectivity index (χ0) is 15.1. The van der Waals surface area contributed by atoms with Crippen molar-refractivity contribution in [3.8, 4) is 0 Å². The van der Waals surface area contributed by atoms with Gasteiger partial charge in [0.15, 0.2) is 5.69 Å². The zero-order valence-electron chi connectivity index (χ0n) is 11.9. The summed E-state index contributed by atoms with van der Waals surface area (Å²) < 4.78 is 6.26. The number of hydrogen-bond donors (Lipinski definition) is 2. The topological polar surface area (TPSA) is 106 Å². The van der Waals surface area contributed by atoms with Crippen LogP contribution in [-0.4, -0.2) is 51.7 Å². The van der Waals surface area contributed by atoms with Crippen LogP contribution in [0.2, 0.25) is 0 Å². The highest BCUT2D eigenvalue weighted by Gasteiger charge is 2.19. The maximum absolute atomic E-state index is 11.8. The number of aromatic nitrogens is 3. The van der Waals surface area contributed by atoms with Gasteiger partial charge in [-0.1, -0.05) is 18.6 Å². The van der Waals surface area contributed by atoms with Gasteiger partial charge in [0.05, 0.1) is 12.3 Å². The number of rotatable bonds is 8. The van der Waals surface area contributed by atoms with E-state index in [1.807, 2.05) is 13.8 Å². The Labute approximate surface area is 117 Å². The Hall–Kier alpha value is -1.96. The second-order valence-corrected chi connectivity index (χ2v) is 4.52. The van der Waals surface area contributed by atoms with Crippen LogP contribution in [0.4, 0.5) is 0 Å². The summed E-state index contributed by atoms with van der Waals surface area (Å²) in [5.41, 5.74) is 0.374. The van der Waals surface area contributed by atoms with E-state index in [0.29, 0.717) is 18.7 Å². The molecular weight excluding hydrogens is 264 g/mol. The van der Waals surface area contributed by atoms with Crippen molar-refractivity contribution in [1.82, 2.24) is 20.3 Å². The second kappa shape index (κ2) is 7.59. The van der Waals surface area contributed by atoms with Gasteiger partial charge in [0.25, 0.3) is 0 Å². The van der Waals surface area contributed by atoms with Crippen LogP contribution < -0.4 is 5.32 Å². The molecule has 1 heterocycles. The SMILES string of the molecule is CCCc1c(C(=O)O)nnn1CC(=O)NC(C)COC. The van der Waals surface area contributed by atoms with Crippen molar-refractivity contribution in [3.05, 3.63) is 11.4 Å². The van der Waals surface area contributed by atoms with Crippen molar-refractivity contribution in [2.45, 2.75) is 39.3 Å². The standard InChI is InChI=1S/C12H20N4O4/c1-4-5-9-11(12(18)19)14-15-16(9)6-10(17)13-8(2)7-20-3/h8H,4-7H2,1-3H3,(H,13,17)(H,18,19). The van der Waals surface area contributed by atoms with Crippen molar-refractivity contribution in [3.63, 3.8) is 0 Å². The molecule has 1 atom stereocenters. The van der Waals surface area contributed by atoms with Crippen LogP contribution in [0.1, 0.15) is 36.5 Å². The summed E-state index contributed by atoms with van der Waals surface area (Å²) in [5, 5.41) is 19.1. The summed E-state index contributed by atoms with van der Waals surface area (Å²) in [6.45, 7) is 4.09. The van der Waals surface area contributed by atoms with Crippen molar-refractivity contribution >= 4 is 11.9 Å². The number of ether oxygens (including phenoxy) is 1. The molecule has 1 amide bonds. The van der Waals surface area contributed by atoms with Gasteiger partial charge in [-0.3, -0.25) is 4.79 Å². The lowest BCUT2D eigenvalue weighted by atomic mass is 10.2. The van der Waals surface area contributed by atoms with E-state index in [0.717, 1.165) is 6.42 Å². The molecule has 1 aromatic rings. The van der Waals surface area contributed by atoms with Crippen molar-refractivity contribution in [2.24, 2.45) is 0 Å². The summed E-state index contributed by atoms with van der Waals surface area (Å²) in [6.07, 6.45) is 1.25. The normalized spacial score (nSPS) is 12.2. The van der Waals surface area contributed by atoms with E-state index in [9.17, 15) is 9.59 Å². The molecule has 0 saturated heterocycles. The summed E-state index contributed by atoms with van der Waals surface area (Å²) in [4.78, 5) is 22.9. The minimum Gasteiger partial charge on any atom is -0.476 e. The van der Waals surface area contributed by atoms with Crippen molar-refractivity contribution in [2.75, 3.05) is 13.7 Å². The lowest BCUT2D eigenvalue weighted by Crippen LogP contribution is -2.38. The lowest BCUT2D eigenvalue weighted by molar-refractivity contribution is -0.122. The first-order valence-corrected chi connectivity index (χ1v) is 6.43. The van der Waals surface area contributed by atoms with Gasteiger partial charge >= 0.3 is 5.97 Å². The number of carbonyl (C=O) groups is 2. The van der Waals surface area contributed by atoms with Gasteiger partial charge in [-0.25, -0.2) is 9.48 Å². The zero-order valence-corrected chi connectivity index (χ0v) is 11.9. The first-order chi connectivity index (χ1) is 9.49. The first-order valence-electron chi connectivity index (χ1n) is 6.43. The number of nitrogens with zero attached hydrogens (tertiary/aromatic N) is 3. The maximum Gasteiger partial charge on any atom is 0.358 e. The van der Waals surface area contributed by atoms with Crippen LogP contribution in [0, 0.1) is 0 Å². The number of hydrogen-bond acceptors (Lipinski definition) is 5. The fourth-order valence-electron chi connectivity index (χ4n) is 1.86. The van der Waals surface area contributed by atoms with Crippen molar-refractivity contribution in [1.29, 1.82) is 0 Å². The van der Waals surface area contributed by atoms with E-state index >= 15 is 0 Å². The fourth-order valence-corrected chi connectivity index (χ4v) is 1.86. The van der Waals surface area contributed by atoms with Crippen LogP contribution in [0.3, 0.4) is 0 Å². The highest BCUT2D eigenvalue weighted by Crippen LogP contribution is 2.08. The van der Waals surface area contributed by atoms with E-state index in [-0.39, 0.29) is 24.2 Å². The number of carbonyl (C=O) groups excluding carboxylic acids is 1.